The van der Waals surface area contributed by atoms with Gasteiger partial charge < -0.3 is 14.9 Å². The number of hydrogen-bond acceptors (Lipinski definition) is 4. The summed E-state index contributed by atoms with van der Waals surface area (Å²) in [5.41, 5.74) is 0. The molecule has 0 aromatic carbocycles. The fourth-order valence-electron chi connectivity index (χ4n) is 2.29. The second-order valence-corrected chi connectivity index (χ2v) is 4.89. The minimum absolute atomic E-state index is 0.0694. The van der Waals surface area contributed by atoms with Gasteiger partial charge in [0.25, 0.3) is 0 Å². The van der Waals surface area contributed by atoms with Crippen molar-refractivity contribution in [2.24, 2.45) is 0 Å². The monoisotopic (exact) mass is 271 g/mol. The van der Waals surface area contributed by atoms with E-state index in [2.05, 4.69) is 6.92 Å². The van der Waals surface area contributed by atoms with Crippen LogP contribution in [0.2, 0.25) is 0 Å². The molecule has 1 saturated heterocycles. The molecule has 0 aromatic rings. The van der Waals surface area contributed by atoms with E-state index < -0.39 is 0 Å². The molecule has 1 N–H and O–H groups in total. The normalized spacial score (nSPS) is 16.0. The van der Waals surface area contributed by atoms with Crippen LogP contribution in [-0.2, 0) is 9.59 Å². The van der Waals surface area contributed by atoms with Crippen molar-refractivity contribution in [1.29, 1.82) is 0 Å². The van der Waals surface area contributed by atoms with Crippen LogP contribution in [0.15, 0.2) is 0 Å². The van der Waals surface area contributed by atoms with Gasteiger partial charge in [-0.3, -0.25) is 14.5 Å². The Morgan fingerprint density at radius 3 is 2.16 bits per heavy atom. The first kappa shape index (κ1) is 15.9. The topological polar surface area (TPSA) is 64.1 Å². The van der Waals surface area contributed by atoms with Gasteiger partial charge in [-0.15, -0.1) is 0 Å². The standard InChI is InChI=1S/C13H25N3O3/c1-3-4-14(9-10-17)11-13(19)16-7-5-15(6-8-16)12(2)18/h17H,3-11H2,1-2H3. The molecule has 0 aromatic heterocycles. The number of aliphatic hydroxyl groups excluding tert-OH is 1. The van der Waals surface area contributed by atoms with Gasteiger partial charge in [-0.05, 0) is 13.0 Å². The molecule has 1 fully saturated rings. The minimum atomic E-state index is 0.0694. The van der Waals surface area contributed by atoms with Gasteiger partial charge in [0.1, 0.15) is 0 Å². The van der Waals surface area contributed by atoms with E-state index in [9.17, 15) is 9.59 Å². The van der Waals surface area contributed by atoms with Crippen molar-refractivity contribution in [3.63, 3.8) is 0 Å². The highest BCUT2D eigenvalue weighted by molar-refractivity contribution is 5.79. The minimum Gasteiger partial charge on any atom is -0.395 e. The predicted molar refractivity (Wildman–Crippen MR) is 72.7 cm³/mol. The second kappa shape index (κ2) is 8.12. The van der Waals surface area contributed by atoms with Crippen LogP contribution in [0.3, 0.4) is 0 Å². The highest BCUT2D eigenvalue weighted by Gasteiger charge is 2.23. The van der Waals surface area contributed by atoms with E-state index in [0.717, 1.165) is 13.0 Å². The first-order valence-electron chi connectivity index (χ1n) is 6.95. The van der Waals surface area contributed by atoms with Crippen molar-refractivity contribution in [3.8, 4) is 0 Å². The summed E-state index contributed by atoms with van der Waals surface area (Å²) in [4.78, 5) is 28.9. The third kappa shape index (κ3) is 5.16. The molecule has 0 radical (unpaired) electrons. The van der Waals surface area contributed by atoms with Crippen molar-refractivity contribution in [2.75, 3.05) is 52.4 Å². The average Bonchev–Trinajstić information content (AvgIpc) is 2.39. The first-order valence-corrected chi connectivity index (χ1v) is 6.95. The summed E-state index contributed by atoms with van der Waals surface area (Å²) < 4.78 is 0. The molecule has 110 valence electrons. The van der Waals surface area contributed by atoms with Crippen LogP contribution in [-0.4, -0.2) is 84.0 Å². The van der Waals surface area contributed by atoms with Crippen molar-refractivity contribution in [2.45, 2.75) is 20.3 Å². The maximum Gasteiger partial charge on any atom is 0.236 e. The SMILES string of the molecule is CCCN(CCO)CC(=O)N1CCN(C(C)=O)CC1. The number of aliphatic hydroxyl groups is 1. The van der Waals surface area contributed by atoms with Gasteiger partial charge in [0.05, 0.1) is 13.2 Å². The van der Waals surface area contributed by atoms with E-state index >= 15 is 0 Å². The van der Waals surface area contributed by atoms with Crippen molar-refractivity contribution in [3.05, 3.63) is 0 Å². The Hall–Kier alpha value is -1.14. The van der Waals surface area contributed by atoms with Gasteiger partial charge in [-0.25, -0.2) is 0 Å². The molecule has 19 heavy (non-hydrogen) atoms. The van der Waals surface area contributed by atoms with E-state index in [0.29, 0.717) is 39.3 Å². The third-order valence-electron chi connectivity index (χ3n) is 3.39. The zero-order valence-corrected chi connectivity index (χ0v) is 12.0. The fraction of sp³-hybridized carbons (Fsp3) is 0.846. The van der Waals surface area contributed by atoms with E-state index in [1.807, 2.05) is 4.90 Å². The van der Waals surface area contributed by atoms with Crippen LogP contribution in [0, 0.1) is 0 Å². The Balaban J connectivity index is 2.39. The number of amides is 2. The van der Waals surface area contributed by atoms with Crippen LogP contribution in [0.4, 0.5) is 0 Å². The van der Waals surface area contributed by atoms with E-state index in [-0.39, 0.29) is 18.4 Å². The number of nitrogens with zero attached hydrogens (tertiary/aromatic N) is 3. The molecule has 0 atom stereocenters. The molecule has 6 nitrogen and oxygen atoms in total. The molecule has 6 heteroatoms. The molecule has 1 heterocycles. The lowest BCUT2D eigenvalue weighted by atomic mass is 10.3. The lowest BCUT2D eigenvalue weighted by molar-refractivity contribution is -0.139. The van der Waals surface area contributed by atoms with Gasteiger partial charge in [-0.2, -0.15) is 0 Å². The lowest BCUT2D eigenvalue weighted by Crippen LogP contribution is -2.52. The largest absolute Gasteiger partial charge is 0.395 e. The smallest absolute Gasteiger partial charge is 0.236 e. The molecule has 0 saturated carbocycles. The zero-order chi connectivity index (χ0) is 14.3. The summed E-state index contributed by atoms with van der Waals surface area (Å²) in [6.45, 7) is 7.85. The highest BCUT2D eigenvalue weighted by atomic mass is 16.3. The van der Waals surface area contributed by atoms with E-state index in [4.69, 9.17) is 5.11 Å². The second-order valence-electron chi connectivity index (χ2n) is 4.89. The Morgan fingerprint density at radius 1 is 1.11 bits per heavy atom. The van der Waals surface area contributed by atoms with Gasteiger partial charge in [0.15, 0.2) is 0 Å². The summed E-state index contributed by atoms with van der Waals surface area (Å²) in [6.07, 6.45) is 0.964. The molecule has 1 aliphatic rings. The van der Waals surface area contributed by atoms with Crippen LogP contribution in [0.25, 0.3) is 0 Å². The first-order chi connectivity index (χ1) is 9.08. The highest BCUT2D eigenvalue weighted by Crippen LogP contribution is 2.04. The zero-order valence-electron chi connectivity index (χ0n) is 12.0. The van der Waals surface area contributed by atoms with Gasteiger partial charge in [-0.1, -0.05) is 6.92 Å². The number of carbonyl (C=O) groups excluding carboxylic acids is 2. The maximum absolute atomic E-state index is 12.1. The summed E-state index contributed by atoms with van der Waals surface area (Å²) in [6, 6.07) is 0. The molecular formula is C13H25N3O3. The van der Waals surface area contributed by atoms with Crippen LogP contribution >= 0.6 is 0 Å². The van der Waals surface area contributed by atoms with Gasteiger partial charge >= 0.3 is 0 Å². The average molecular weight is 271 g/mol. The fourth-order valence-corrected chi connectivity index (χ4v) is 2.29. The number of rotatable bonds is 6. The van der Waals surface area contributed by atoms with Crippen molar-refractivity contribution in [1.82, 2.24) is 14.7 Å². The van der Waals surface area contributed by atoms with Crippen molar-refractivity contribution < 1.29 is 14.7 Å². The summed E-state index contributed by atoms with van der Waals surface area (Å²) in [5.74, 6) is 0.157. The molecule has 1 rings (SSSR count). The molecule has 0 spiro atoms. The number of hydrogen-bond donors (Lipinski definition) is 1. The Kier molecular flexibility index (Phi) is 6.80. The predicted octanol–water partition coefficient (Wildman–Crippen LogP) is -0.619. The quantitative estimate of drug-likeness (QED) is 0.699. The summed E-state index contributed by atoms with van der Waals surface area (Å²) >= 11 is 0. The number of piperazine rings is 1. The Bertz CT molecular complexity index is 296. The maximum atomic E-state index is 12.1. The number of carbonyl (C=O) groups is 2. The molecule has 0 bridgehead atoms. The molecule has 2 amide bonds. The van der Waals surface area contributed by atoms with E-state index in [1.54, 1.807) is 16.7 Å². The van der Waals surface area contributed by atoms with Crippen molar-refractivity contribution >= 4 is 11.8 Å². The van der Waals surface area contributed by atoms with Crippen LogP contribution in [0.5, 0.6) is 0 Å². The van der Waals surface area contributed by atoms with Gasteiger partial charge in [0, 0.05) is 39.6 Å². The summed E-state index contributed by atoms with van der Waals surface area (Å²) in [7, 11) is 0. The molecule has 1 aliphatic heterocycles. The molecule has 0 aliphatic carbocycles. The third-order valence-corrected chi connectivity index (χ3v) is 3.39. The lowest BCUT2D eigenvalue weighted by Gasteiger charge is -2.35. The Labute approximate surface area is 115 Å². The molecular weight excluding hydrogens is 246 g/mol. The van der Waals surface area contributed by atoms with E-state index in [1.165, 1.54) is 0 Å². The van der Waals surface area contributed by atoms with Crippen LogP contribution < -0.4 is 0 Å². The van der Waals surface area contributed by atoms with Crippen LogP contribution in [0.1, 0.15) is 20.3 Å². The summed E-state index contributed by atoms with van der Waals surface area (Å²) in [5, 5.41) is 8.97. The Morgan fingerprint density at radius 2 is 1.68 bits per heavy atom. The van der Waals surface area contributed by atoms with Gasteiger partial charge in [0.2, 0.25) is 11.8 Å². The molecule has 0 unspecified atom stereocenters.